The van der Waals surface area contributed by atoms with Gasteiger partial charge in [-0.2, -0.15) is 0 Å². The van der Waals surface area contributed by atoms with Crippen molar-refractivity contribution >= 4 is 35.5 Å². The molecule has 0 unspecified atom stereocenters. The van der Waals surface area contributed by atoms with Gasteiger partial charge in [0.1, 0.15) is 6.29 Å². The molecule has 0 fully saturated rings. The topological polar surface area (TPSA) is 49.4 Å². The van der Waals surface area contributed by atoms with Crippen molar-refractivity contribution in [1.82, 2.24) is 0 Å². The molecule has 0 bridgehead atoms. The molecule has 0 saturated carbocycles. The fraction of sp³-hybridized carbons (Fsp3) is 0.188. The third-order valence-corrected chi connectivity index (χ3v) is 7.93. The van der Waals surface area contributed by atoms with Crippen LogP contribution in [0.25, 0.3) is 22.3 Å². The lowest BCUT2D eigenvalue weighted by molar-refractivity contribution is -0.107. The van der Waals surface area contributed by atoms with Crippen molar-refractivity contribution in [3.8, 4) is 22.3 Å². The number of aldehydes is 1. The van der Waals surface area contributed by atoms with Gasteiger partial charge in [0.25, 0.3) is 5.91 Å². The van der Waals surface area contributed by atoms with Crippen molar-refractivity contribution in [2.45, 2.75) is 33.7 Å². The van der Waals surface area contributed by atoms with Gasteiger partial charge in [-0.05, 0) is 84.0 Å². The molecule has 5 heteroatoms. The zero-order valence-corrected chi connectivity index (χ0v) is 22.4. The summed E-state index contributed by atoms with van der Waals surface area (Å²) in [5.41, 5.74) is 12.6. The molecule has 1 aliphatic heterocycles. The van der Waals surface area contributed by atoms with Crippen LogP contribution in [0.1, 0.15) is 38.2 Å². The number of anilines is 2. The minimum Gasteiger partial charge on any atom is -0.322 e. The van der Waals surface area contributed by atoms with Gasteiger partial charge in [-0.1, -0.05) is 66.0 Å². The zero-order valence-electron chi connectivity index (χ0n) is 21.6. The lowest BCUT2D eigenvalue weighted by atomic mass is 9.80. The maximum absolute atomic E-state index is 13.2. The van der Waals surface area contributed by atoms with E-state index < -0.39 is 0 Å². The average Bonchev–Trinajstić information content (AvgIpc) is 2.91. The second kappa shape index (κ2) is 10.3. The Morgan fingerprint density at radius 3 is 2.35 bits per heavy atom. The van der Waals surface area contributed by atoms with Gasteiger partial charge in [-0.3, -0.25) is 4.79 Å². The molecule has 5 rings (SSSR count). The van der Waals surface area contributed by atoms with E-state index in [1.54, 1.807) is 11.9 Å². The highest BCUT2D eigenvalue weighted by Gasteiger charge is 2.30. The first-order valence-electron chi connectivity index (χ1n) is 12.4. The molecule has 0 radical (unpaired) electrons. The monoisotopic (exact) mass is 506 g/mol. The quantitative estimate of drug-likeness (QED) is 0.217. The number of amides is 1. The van der Waals surface area contributed by atoms with Gasteiger partial charge in [-0.15, -0.1) is 0 Å². The van der Waals surface area contributed by atoms with Crippen LogP contribution in [0.15, 0.2) is 72.8 Å². The molecule has 0 atom stereocenters. The maximum Gasteiger partial charge on any atom is 0.255 e. The third kappa shape index (κ3) is 4.56. The number of carbonyl (C=O) groups is 2. The first-order valence-corrected chi connectivity index (χ1v) is 13.6. The molecule has 186 valence electrons. The molecule has 4 aromatic carbocycles. The van der Waals surface area contributed by atoms with Crippen molar-refractivity contribution in [2.24, 2.45) is 0 Å². The van der Waals surface area contributed by atoms with E-state index in [-0.39, 0.29) is 5.91 Å². The minimum absolute atomic E-state index is 0.131. The number of hydrogen-bond donors (Lipinski definition) is 1. The van der Waals surface area contributed by atoms with E-state index >= 15 is 0 Å². The van der Waals surface area contributed by atoms with Crippen molar-refractivity contribution in [3.63, 3.8) is 0 Å². The van der Waals surface area contributed by atoms with Gasteiger partial charge in [-0.25, -0.2) is 0 Å². The molecular formula is C32H30N2O2S. The number of rotatable bonds is 6. The first-order chi connectivity index (χ1) is 17.9. The Kier molecular flexibility index (Phi) is 6.90. The predicted molar refractivity (Wildman–Crippen MR) is 155 cm³/mol. The van der Waals surface area contributed by atoms with Crippen molar-refractivity contribution < 1.29 is 9.59 Å². The number of aryl methyl sites for hydroxylation is 1. The number of carbonyl (C=O) groups excluding carboxylic acids is 2. The molecule has 1 N–H and O–H groups in total. The Hall–Kier alpha value is -3.83. The largest absolute Gasteiger partial charge is 0.322 e. The average molecular weight is 507 g/mol. The lowest BCUT2D eigenvalue weighted by Gasteiger charge is -2.36. The van der Waals surface area contributed by atoms with Crippen molar-refractivity contribution in [3.05, 3.63) is 106 Å². The molecule has 0 aromatic heterocycles. The molecule has 0 aliphatic carbocycles. The summed E-state index contributed by atoms with van der Waals surface area (Å²) in [6, 6.07) is 24.0. The van der Waals surface area contributed by atoms with Crippen LogP contribution in [0, 0.1) is 20.8 Å². The molecule has 4 aromatic rings. The van der Waals surface area contributed by atoms with Gasteiger partial charge < -0.3 is 14.4 Å². The normalized spacial score (nSPS) is 12.1. The standard InChI is InChI=1S/C32H30N2O2S/c1-20-10-12-23(13-11-20)29-22(3)30-28-18-24(32(36)33-26-8-6-5-7-9-26)14-15-25(28)19-34(37-4)31(30)21(2)27(29)16-17-35/h5-15,17-18H,16,19H2,1-4H3,(H,33,36). The number of hydrogen-bond acceptors (Lipinski definition) is 4. The highest BCUT2D eigenvalue weighted by Crippen LogP contribution is 2.50. The first kappa shape index (κ1) is 24.8. The van der Waals surface area contributed by atoms with Crippen LogP contribution in [0.5, 0.6) is 0 Å². The summed E-state index contributed by atoms with van der Waals surface area (Å²) in [7, 11) is 0. The summed E-state index contributed by atoms with van der Waals surface area (Å²) in [6.45, 7) is 7.07. The number of nitrogens with zero attached hydrogens (tertiary/aromatic N) is 1. The van der Waals surface area contributed by atoms with Crippen LogP contribution >= 0.6 is 11.9 Å². The molecule has 0 spiro atoms. The van der Waals surface area contributed by atoms with Crippen LogP contribution in [0.2, 0.25) is 0 Å². The van der Waals surface area contributed by atoms with E-state index in [0.717, 1.165) is 63.1 Å². The Morgan fingerprint density at radius 2 is 1.68 bits per heavy atom. The van der Waals surface area contributed by atoms with E-state index in [9.17, 15) is 9.59 Å². The van der Waals surface area contributed by atoms with Crippen molar-refractivity contribution in [1.29, 1.82) is 0 Å². The number of benzene rings is 4. The van der Waals surface area contributed by atoms with Gasteiger partial charge in [0.2, 0.25) is 0 Å². The van der Waals surface area contributed by atoms with E-state index in [2.05, 4.69) is 67.0 Å². The van der Waals surface area contributed by atoms with E-state index in [0.29, 0.717) is 12.0 Å². The van der Waals surface area contributed by atoms with Gasteiger partial charge >= 0.3 is 0 Å². The molecule has 4 nitrogen and oxygen atoms in total. The second-order valence-corrected chi connectivity index (χ2v) is 10.3. The second-order valence-electron chi connectivity index (χ2n) is 9.48. The fourth-order valence-corrected chi connectivity index (χ4v) is 6.02. The smallest absolute Gasteiger partial charge is 0.255 e. The summed E-state index contributed by atoms with van der Waals surface area (Å²) < 4.78 is 2.30. The molecule has 1 heterocycles. The molecule has 0 saturated heterocycles. The van der Waals surface area contributed by atoms with E-state index in [4.69, 9.17) is 0 Å². The summed E-state index contributed by atoms with van der Waals surface area (Å²) in [4.78, 5) is 25.0. The minimum atomic E-state index is -0.131. The van der Waals surface area contributed by atoms with Crippen LogP contribution in [-0.4, -0.2) is 18.4 Å². The number of nitrogens with one attached hydrogen (secondary N) is 1. The molecule has 1 amide bonds. The summed E-state index contributed by atoms with van der Waals surface area (Å²) in [6.07, 6.45) is 3.44. The van der Waals surface area contributed by atoms with Crippen LogP contribution in [0.4, 0.5) is 11.4 Å². The Labute approximate surface area is 222 Å². The van der Waals surface area contributed by atoms with Crippen LogP contribution in [-0.2, 0) is 17.8 Å². The Bertz CT molecular complexity index is 1490. The highest BCUT2D eigenvalue weighted by molar-refractivity contribution is 7.99. The number of para-hydroxylation sites is 1. The van der Waals surface area contributed by atoms with E-state index in [1.165, 1.54) is 11.1 Å². The van der Waals surface area contributed by atoms with Gasteiger partial charge in [0.15, 0.2) is 0 Å². The third-order valence-electron chi connectivity index (χ3n) is 7.18. The van der Waals surface area contributed by atoms with Gasteiger partial charge in [0, 0.05) is 29.5 Å². The predicted octanol–water partition coefficient (Wildman–Crippen LogP) is 7.54. The van der Waals surface area contributed by atoms with Crippen LogP contribution < -0.4 is 9.62 Å². The molecular weight excluding hydrogens is 476 g/mol. The highest BCUT2D eigenvalue weighted by atomic mass is 32.2. The number of fused-ring (bicyclic) bond motifs is 3. The Morgan fingerprint density at radius 1 is 0.946 bits per heavy atom. The molecule has 1 aliphatic rings. The Balaban J connectivity index is 1.72. The summed E-state index contributed by atoms with van der Waals surface area (Å²) in [5, 5.41) is 3.01. The van der Waals surface area contributed by atoms with E-state index in [1.807, 2.05) is 42.5 Å². The van der Waals surface area contributed by atoms with Gasteiger partial charge in [0.05, 0.1) is 12.2 Å². The maximum atomic E-state index is 13.2. The zero-order chi connectivity index (χ0) is 26.1. The fourth-order valence-electron chi connectivity index (χ4n) is 5.34. The summed E-state index contributed by atoms with van der Waals surface area (Å²) in [5.74, 6) is -0.131. The SMILES string of the molecule is CSN1Cc2ccc(C(=O)Nc3ccccc3)cc2-c2c(C)c(-c3ccc(C)cc3)c(CC=O)c(C)c21. The molecule has 37 heavy (non-hydrogen) atoms. The van der Waals surface area contributed by atoms with Crippen molar-refractivity contribution in [2.75, 3.05) is 15.9 Å². The lowest BCUT2D eigenvalue weighted by Crippen LogP contribution is -2.23. The summed E-state index contributed by atoms with van der Waals surface area (Å²) >= 11 is 1.68. The van der Waals surface area contributed by atoms with Crippen LogP contribution in [0.3, 0.4) is 0 Å².